The number of hydrogen-bond donors (Lipinski definition) is 2. The predicted molar refractivity (Wildman–Crippen MR) is 114 cm³/mol. The van der Waals surface area contributed by atoms with Crippen LogP contribution in [0.15, 0.2) is 24.3 Å². The first-order valence-corrected chi connectivity index (χ1v) is 10.8. The average Bonchev–Trinajstić information content (AvgIpc) is 2.72. The zero-order valence-electron chi connectivity index (χ0n) is 17.1. The predicted octanol–water partition coefficient (Wildman–Crippen LogP) is 3.66. The Labute approximate surface area is 168 Å². The van der Waals surface area contributed by atoms with Gasteiger partial charge >= 0.3 is 6.03 Å². The number of amides is 3. The van der Waals surface area contributed by atoms with Crippen LogP contribution in [0.2, 0.25) is 0 Å². The smallest absolute Gasteiger partial charge is 0.315 e. The van der Waals surface area contributed by atoms with E-state index in [4.69, 9.17) is 0 Å². The van der Waals surface area contributed by atoms with Gasteiger partial charge in [-0.3, -0.25) is 4.79 Å². The molecule has 0 atom stereocenters. The molecule has 154 valence electrons. The first kappa shape index (κ1) is 20.5. The molecule has 1 aliphatic carbocycles. The van der Waals surface area contributed by atoms with Gasteiger partial charge in [-0.2, -0.15) is 0 Å². The minimum absolute atomic E-state index is 0.0137. The van der Waals surface area contributed by atoms with E-state index in [9.17, 15) is 9.59 Å². The van der Waals surface area contributed by atoms with Crippen LogP contribution >= 0.6 is 0 Å². The summed E-state index contributed by atoms with van der Waals surface area (Å²) in [5, 5.41) is 5.94. The highest BCUT2D eigenvalue weighted by atomic mass is 16.2. The topological polar surface area (TPSA) is 64.7 Å². The highest BCUT2D eigenvalue weighted by Crippen LogP contribution is 2.23. The highest BCUT2D eigenvalue weighted by Gasteiger charge is 2.17. The normalized spacial score (nSPS) is 17.8. The second-order valence-corrected chi connectivity index (χ2v) is 7.97. The van der Waals surface area contributed by atoms with Crippen molar-refractivity contribution in [3.05, 3.63) is 24.3 Å². The Hall–Kier alpha value is -2.24. The Kier molecular flexibility index (Phi) is 7.57. The lowest BCUT2D eigenvalue weighted by Crippen LogP contribution is -2.45. The van der Waals surface area contributed by atoms with Gasteiger partial charge in [-0.05, 0) is 56.4 Å². The van der Waals surface area contributed by atoms with Crippen LogP contribution in [-0.4, -0.2) is 44.2 Å². The van der Waals surface area contributed by atoms with Crippen molar-refractivity contribution in [2.75, 3.05) is 36.0 Å². The Balaban J connectivity index is 1.48. The molecule has 0 spiro atoms. The molecule has 0 aromatic heterocycles. The first-order chi connectivity index (χ1) is 13.6. The molecular weight excluding hydrogens is 352 g/mol. The van der Waals surface area contributed by atoms with Gasteiger partial charge in [-0.25, -0.2) is 4.79 Å². The van der Waals surface area contributed by atoms with Gasteiger partial charge in [0, 0.05) is 50.5 Å². The molecular formula is C22H34N4O2. The number of rotatable bonds is 6. The number of carbonyl (C=O) groups excluding carboxylic acids is 2. The van der Waals surface area contributed by atoms with Crippen LogP contribution in [0.3, 0.4) is 0 Å². The van der Waals surface area contributed by atoms with E-state index in [0.717, 1.165) is 31.6 Å². The first-order valence-electron chi connectivity index (χ1n) is 10.8. The van der Waals surface area contributed by atoms with Crippen LogP contribution in [0.4, 0.5) is 16.2 Å². The molecule has 1 saturated carbocycles. The molecule has 3 rings (SSSR count). The molecule has 1 aliphatic heterocycles. The van der Waals surface area contributed by atoms with Gasteiger partial charge in [0.25, 0.3) is 0 Å². The molecule has 6 heteroatoms. The second-order valence-electron chi connectivity index (χ2n) is 7.97. The van der Waals surface area contributed by atoms with E-state index in [1.165, 1.54) is 44.2 Å². The minimum Gasteiger partial charge on any atom is -0.372 e. The van der Waals surface area contributed by atoms with Crippen LogP contribution in [0.1, 0.15) is 58.3 Å². The maximum atomic E-state index is 12.1. The number of benzene rings is 1. The van der Waals surface area contributed by atoms with E-state index < -0.39 is 0 Å². The largest absolute Gasteiger partial charge is 0.372 e. The third kappa shape index (κ3) is 5.88. The standard InChI is InChI=1S/C22H34N4O2/c1-18(27)26(17-14-23-22(28)24-19-8-4-2-5-9-19)21-12-10-20(11-13-21)25-15-6-3-7-16-25/h10-13,19H,2-9,14-17H2,1H3,(H2,23,24,28). The minimum atomic E-state index is -0.129. The molecule has 1 heterocycles. The lowest BCUT2D eigenvalue weighted by atomic mass is 9.96. The maximum Gasteiger partial charge on any atom is 0.315 e. The maximum absolute atomic E-state index is 12.1. The van der Waals surface area contributed by atoms with Gasteiger partial charge in [0.15, 0.2) is 0 Å². The Morgan fingerprint density at radius 2 is 1.64 bits per heavy atom. The van der Waals surface area contributed by atoms with Gasteiger partial charge in [0.05, 0.1) is 0 Å². The van der Waals surface area contributed by atoms with E-state index in [-0.39, 0.29) is 11.9 Å². The van der Waals surface area contributed by atoms with Crippen molar-refractivity contribution >= 4 is 23.3 Å². The van der Waals surface area contributed by atoms with E-state index in [0.29, 0.717) is 19.1 Å². The molecule has 2 aliphatic rings. The number of hydrogen-bond acceptors (Lipinski definition) is 3. The van der Waals surface area contributed by atoms with Gasteiger partial charge in [0.2, 0.25) is 5.91 Å². The fraction of sp³-hybridized carbons (Fsp3) is 0.636. The van der Waals surface area contributed by atoms with Gasteiger partial charge in [-0.1, -0.05) is 19.3 Å². The zero-order valence-corrected chi connectivity index (χ0v) is 17.1. The van der Waals surface area contributed by atoms with Gasteiger partial charge in [0.1, 0.15) is 0 Å². The summed E-state index contributed by atoms with van der Waals surface area (Å²) in [7, 11) is 0. The van der Waals surface area contributed by atoms with Crippen LogP contribution < -0.4 is 20.4 Å². The summed E-state index contributed by atoms with van der Waals surface area (Å²) in [5.41, 5.74) is 2.10. The number of anilines is 2. The highest BCUT2D eigenvalue weighted by molar-refractivity contribution is 5.91. The monoisotopic (exact) mass is 386 g/mol. The zero-order chi connectivity index (χ0) is 19.8. The van der Waals surface area contributed by atoms with Crippen molar-refractivity contribution in [1.82, 2.24) is 10.6 Å². The quantitative estimate of drug-likeness (QED) is 0.784. The van der Waals surface area contributed by atoms with Crippen molar-refractivity contribution < 1.29 is 9.59 Å². The van der Waals surface area contributed by atoms with Crippen LogP contribution in [0, 0.1) is 0 Å². The number of nitrogens with zero attached hydrogens (tertiary/aromatic N) is 2. The van der Waals surface area contributed by atoms with Crippen molar-refractivity contribution in [2.24, 2.45) is 0 Å². The molecule has 28 heavy (non-hydrogen) atoms. The molecule has 6 nitrogen and oxygen atoms in total. The summed E-state index contributed by atoms with van der Waals surface area (Å²) in [4.78, 5) is 28.3. The summed E-state index contributed by atoms with van der Waals surface area (Å²) >= 11 is 0. The van der Waals surface area contributed by atoms with Crippen LogP contribution in [0.5, 0.6) is 0 Å². The molecule has 0 unspecified atom stereocenters. The number of piperidine rings is 1. The average molecular weight is 387 g/mol. The SMILES string of the molecule is CC(=O)N(CCNC(=O)NC1CCCCC1)c1ccc(N2CCCCC2)cc1. The van der Waals surface area contributed by atoms with E-state index in [2.05, 4.69) is 27.7 Å². The molecule has 2 N–H and O–H groups in total. The summed E-state index contributed by atoms with van der Waals surface area (Å²) in [6.45, 7) is 4.69. The number of carbonyl (C=O) groups is 2. The van der Waals surface area contributed by atoms with Gasteiger partial charge < -0.3 is 20.4 Å². The summed E-state index contributed by atoms with van der Waals surface area (Å²) in [6.07, 6.45) is 9.59. The summed E-state index contributed by atoms with van der Waals surface area (Å²) in [6, 6.07) is 8.37. The molecule has 1 aromatic rings. The summed E-state index contributed by atoms with van der Waals surface area (Å²) < 4.78 is 0. The number of nitrogens with one attached hydrogen (secondary N) is 2. The third-order valence-corrected chi connectivity index (χ3v) is 5.82. The van der Waals surface area contributed by atoms with E-state index in [1.807, 2.05) is 12.1 Å². The Morgan fingerprint density at radius 1 is 1.00 bits per heavy atom. The molecule has 2 fully saturated rings. The Bertz CT molecular complexity index is 634. The molecule has 3 amide bonds. The molecule has 0 radical (unpaired) electrons. The van der Waals surface area contributed by atoms with Crippen molar-refractivity contribution in [1.29, 1.82) is 0 Å². The van der Waals surface area contributed by atoms with Crippen molar-refractivity contribution in [3.8, 4) is 0 Å². The number of urea groups is 1. The van der Waals surface area contributed by atoms with E-state index >= 15 is 0 Å². The fourth-order valence-electron chi connectivity index (χ4n) is 4.23. The molecule has 1 aromatic carbocycles. The third-order valence-electron chi connectivity index (χ3n) is 5.82. The molecule has 0 bridgehead atoms. The van der Waals surface area contributed by atoms with Crippen molar-refractivity contribution in [3.63, 3.8) is 0 Å². The Morgan fingerprint density at radius 3 is 2.29 bits per heavy atom. The van der Waals surface area contributed by atoms with Crippen LogP contribution in [0.25, 0.3) is 0 Å². The van der Waals surface area contributed by atoms with Crippen LogP contribution in [-0.2, 0) is 4.79 Å². The van der Waals surface area contributed by atoms with Gasteiger partial charge in [-0.15, -0.1) is 0 Å². The lowest BCUT2D eigenvalue weighted by molar-refractivity contribution is -0.116. The van der Waals surface area contributed by atoms with E-state index in [1.54, 1.807) is 11.8 Å². The second kappa shape index (κ2) is 10.3. The van der Waals surface area contributed by atoms with Crippen molar-refractivity contribution in [2.45, 2.75) is 64.3 Å². The fourth-order valence-corrected chi connectivity index (χ4v) is 4.23. The lowest BCUT2D eigenvalue weighted by Gasteiger charge is -2.29. The summed E-state index contributed by atoms with van der Waals surface area (Å²) in [5.74, 6) is -0.0137. The molecule has 1 saturated heterocycles.